The quantitative estimate of drug-likeness (QED) is 0.514. The van der Waals surface area contributed by atoms with E-state index < -0.39 is 0 Å². The maximum absolute atomic E-state index is 6.00. The third-order valence-electron chi connectivity index (χ3n) is 2.92. The molecule has 0 amide bonds. The van der Waals surface area contributed by atoms with Gasteiger partial charge in [-0.15, -0.1) is 0 Å². The Morgan fingerprint density at radius 3 is 2.33 bits per heavy atom. The molecule has 2 aliphatic rings. The van der Waals surface area contributed by atoms with Gasteiger partial charge in [0.15, 0.2) is 0 Å². The molecule has 2 atom stereocenters. The Morgan fingerprint density at radius 1 is 1.56 bits per heavy atom. The molecule has 1 saturated carbocycles. The topological polar surface area (TPSA) is 35.2 Å². The molecular weight excluding hydrogens is 114 g/mol. The zero-order valence-electron chi connectivity index (χ0n) is 5.98. The van der Waals surface area contributed by atoms with Crippen LogP contribution in [0.25, 0.3) is 0 Å². The lowest BCUT2D eigenvalue weighted by atomic mass is 9.97. The summed E-state index contributed by atoms with van der Waals surface area (Å²) in [4.78, 5) is 0. The minimum Gasteiger partial charge on any atom is -0.373 e. The van der Waals surface area contributed by atoms with Crippen molar-refractivity contribution in [2.75, 3.05) is 6.61 Å². The van der Waals surface area contributed by atoms with Crippen molar-refractivity contribution in [3.8, 4) is 0 Å². The number of fused-ring (bicyclic) bond motifs is 1. The molecule has 1 aliphatic heterocycles. The summed E-state index contributed by atoms with van der Waals surface area (Å²) in [7, 11) is 0. The van der Waals surface area contributed by atoms with Crippen LogP contribution < -0.4 is 5.73 Å². The number of hydrogen-bond donors (Lipinski definition) is 1. The maximum Gasteiger partial charge on any atom is 0.0808 e. The Morgan fingerprint density at radius 2 is 2.22 bits per heavy atom. The second kappa shape index (κ2) is 1.18. The van der Waals surface area contributed by atoms with E-state index in [9.17, 15) is 0 Å². The molecular formula is C7H13NO. The van der Waals surface area contributed by atoms with Gasteiger partial charge in [0.05, 0.1) is 12.2 Å². The third-order valence-corrected chi connectivity index (χ3v) is 2.92. The fraction of sp³-hybridized carbons (Fsp3) is 1.00. The van der Waals surface area contributed by atoms with E-state index in [0.29, 0.717) is 5.92 Å². The lowest BCUT2D eigenvalue weighted by Crippen LogP contribution is -2.44. The Hall–Kier alpha value is -0.0800. The van der Waals surface area contributed by atoms with E-state index in [1.165, 1.54) is 6.42 Å². The summed E-state index contributed by atoms with van der Waals surface area (Å²) < 4.78 is 5.48. The molecule has 1 aliphatic carbocycles. The van der Waals surface area contributed by atoms with Gasteiger partial charge in [-0.2, -0.15) is 0 Å². The van der Waals surface area contributed by atoms with Crippen LogP contribution in [0.2, 0.25) is 0 Å². The molecule has 1 heterocycles. The second-order valence-electron chi connectivity index (χ2n) is 3.76. The van der Waals surface area contributed by atoms with Gasteiger partial charge in [-0.25, -0.2) is 0 Å². The summed E-state index contributed by atoms with van der Waals surface area (Å²) in [6.07, 6.45) is 1.17. The van der Waals surface area contributed by atoms with Gasteiger partial charge in [-0.3, -0.25) is 0 Å². The molecule has 0 aromatic rings. The van der Waals surface area contributed by atoms with Crippen molar-refractivity contribution < 1.29 is 4.74 Å². The van der Waals surface area contributed by atoms with Crippen molar-refractivity contribution in [1.29, 1.82) is 0 Å². The average molecular weight is 127 g/mol. The number of nitrogens with two attached hydrogens (primary N) is 1. The molecule has 0 spiro atoms. The SMILES string of the molecule is CC1(C)OC[C@@H]2C[C@@]21N. The van der Waals surface area contributed by atoms with Crippen LogP contribution >= 0.6 is 0 Å². The Bertz CT molecular complexity index is 150. The van der Waals surface area contributed by atoms with Crippen molar-refractivity contribution in [2.24, 2.45) is 11.7 Å². The highest BCUT2D eigenvalue weighted by Gasteiger charge is 2.65. The van der Waals surface area contributed by atoms with Gasteiger partial charge >= 0.3 is 0 Å². The molecule has 0 unspecified atom stereocenters. The van der Waals surface area contributed by atoms with Crippen LogP contribution in [0, 0.1) is 5.92 Å². The van der Waals surface area contributed by atoms with E-state index in [0.717, 1.165) is 6.61 Å². The van der Waals surface area contributed by atoms with Crippen LogP contribution in [0.5, 0.6) is 0 Å². The van der Waals surface area contributed by atoms with Gasteiger partial charge in [0, 0.05) is 11.5 Å². The second-order valence-corrected chi connectivity index (χ2v) is 3.76. The minimum atomic E-state index is -0.0579. The molecule has 1 saturated heterocycles. The molecule has 0 aromatic heterocycles. The first-order chi connectivity index (χ1) is 4.06. The standard InChI is InChI=1S/C7H13NO/c1-6(2)7(8)3-5(7)4-9-6/h5H,3-4,8H2,1-2H3/t5-,7+/m0/s1. The van der Waals surface area contributed by atoms with Gasteiger partial charge in [-0.1, -0.05) is 0 Å². The predicted octanol–water partition coefficient (Wildman–Crippen LogP) is 0.513. The van der Waals surface area contributed by atoms with Gasteiger partial charge in [-0.05, 0) is 20.3 Å². The highest BCUT2D eigenvalue weighted by molar-refractivity contribution is 5.21. The normalized spacial score (nSPS) is 53.0. The molecule has 9 heavy (non-hydrogen) atoms. The summed E-state index contributed by atoms with van der Waals surface area (Å²) in [5.41, 5.74) is 5.98. The number of ether oxygens (including phenoxy) is 1. The molecule has 2 rings (SSSR count). The van der Waals surface area contributed by atoms with Crippen LogP contribution in [-0.4, -0.2) is 17.7 Å². The first-order valence-corrected chi connectivity index (χ1v) is 3.49. The lowest BCUT2D eigenvalue weighted by Gasteiger charge is -2.26. The highest BCUT2D eigenvalue weighted by atomic mass is 16.5. The van der Waals surface area contributed by atoms with Gasteiger partial charge in [0.25, 0.3) is 0 Å². The Labute approximate surface area is 55.4 Å². The van der Waals surface area contributed by atoms with Crippen LogP contribution in [0.4, 0.5) is 0 Å². The fourth-order valence-electron chi connectivity index (χ4n) is 1.74. The maximum atomic E-state index is 6.00. The van der Waals surface area contributed by atoms with Crippen LogP contribution in [-0.2, 0) is 4.74 Å². The predicted molar refractivity (Wildman–Crippen MR) is 35.1 cm³/mol. The van der Waals surface area contributed by atoms with E-state index in [1.807, 2.05) is 0 Å². The van der Waals surface area contributed by atoms with Crippen LogP contribution in [0.3, 0.4) is 0 Å². The summed E-state index contributed by atoms with van der Waals surface area (Å²) in [6, 6.07) is 0. The highest BCUT2D eigenvalue weighted by Crippen LogP contribution is 2.55. The Balaban J connectivity index is 2.28. The third kappa shape index (κ3) is 0.485. The smallest absolute Gasteiger partial charge is 0.0808 e. The molecule has 0 bridgehead atoms. The zero-order valence-corrected chi connectivity index (χ0v) is 5.98. The van der Waals surface area contributed by atoms with Crippen LogP contribution in [0.1, 0.15) is 20.3 Å². The minimum absolute atomic E-state index is 0.0347. The van der Waals surface area contributed by atoms with Gasteiger partial charge < -0.3 is 10.5 Å². The molecule has 52 valence electrons. The molecule has 0 radical (unpaired) electrons. The largest absolute Gasteiger partial charge is 0.373 e. The average Bonchev–Trinajstić information content (AvgIpc) is 2.34. The summed E-state index contributed by atoms with van der Waals surface area (Å²) in [5.74, 6) is 0.660. The van der Waals surface area contributed by atoms with E-state index >= 15 is 0 Å². The van der Waals surface area contributed by atoms with Crippen molar-refractivity contribution in [1.82, 2.24) is 0 Å². The summed E-state index contributed by atoms with van der Waals surface area (Å²) in [6.45, 7) is 5.05. The van der Waals surface area contributed by atoms with Crippen molar-refractivity contribution in [3.63, 3.8) is 0 Å². The molecule has 2 heteroatoms. The zero-order chi connectivity index (χ0) is 6.70. The first kappa shape index (κ1) is 5.69. The summed E-state index contributed by atoms with van der Waals surface area (Å²) in [5, 5.41) is 0. The molecule has 2 N–H and O–H groups in total. The Kier molecular flexibility index (Phi) is 0.746. The van der Waals surface area contributed by atoms with Gasteiger partial charge in [0.1, 0.15) is 0 Å². The van der Waals surface area contributed by atoms with Gasteiger partial charge in [0.2, 0.25) is 0 Å². The summed E-state index contributed by atoms with van der Waals surface area (Å²) >= 11 is 0. The molecule has 0 aromatic carbocycles. The first-order valence-electron chi connectivity index (χ1n) is 3.49. The monoisotopic (exact) mass is 127 g/mol. The van der Waals surface area contributed by atoms with Crippen molar-refractivity contribution >= 4 is 0 Å². The van der Waals surface area contributed by atoms with E-state index in [-0.39, 0.29) is 11.1 Å². The van der Waals surface area contributed by atoms with Crippen molar-refractivity contribution in [2.45, 2.75) is 31.4 Å². The number of rotatable bonds is 0. The van der Waals surface area contributed by atoms with E-state index in [1.54, 1.807) is 0 Å². The van der Waals surface area contributed by atoms with Crippen molar-refractivity contribution in [3.05, 3.63) is 0 Å². The van der Waals surface area contributed by atoms with E-state index in [2.05, 4.69) is 13.8 Å². The molecule has 2 fully saturated rings. The van der Waals surface area contributed by atoms with Crippen LogP contribution in [0.15, 0.2) is 0 Å². The number of hydrogen-bond acceptors (Lipinski definition) is 2. The lowest BCUT2D eigenvalue weighted by molar-refractivity contribution is -0.00123. The fourth-order valence-corrected chi connectivity index (χ4v) is 1.74. The molecule has 2 nitrogen and oxygen atoms in total. The van der Waals surface area contributed by atoms with E-state index in [4.69, 9.17) is 10.5 Å².